The zero-order chi connectivity index (χ0) is 5.98. The third kappa shape index (κ3) is 1.25. The Hall–Kier alpha value is 0.0300. The van der Waals surface area contributed by atoms with Gasteiger partial charge in [0, 0.05) is 12.4 Å². The SMILES string of the molecule is S=C(I)n1ccnc1. The van der Waals surface area contributed by atoms with Gasteiger partial charge in [-0.2, -0.15) is 0 Å². The first kappa shape index (κ1) is 6.15. The molecule has 0 aliphatic rings. The van der Waals surface area contributed by atoms with Crippen LogP contribution in [0.2, 0.25) is 0 Å². The first-order valence-electron chi connectivity index (χ1n) is 1.98. The summed E-state index contributed by atoms with van der Waals surface area (Å²) in [5.74, 6) is 0. The molecule has 1 aromatic rings. The van der Waals surface area contributed by atoms with Gasteiger partial charge in [0.15, 0.2) is 0 Å². The lowest BCUT2D eigenvalue weighted by molar-refractivity contribution is 1.18. The van der Waals surface area contributed by atoms with Gasteiger partial charge in [0.25, 0.3) is 0 Å². The summed E-state index contributed by atoms with van der Waals surface area (Å²) >= 11 is 6.88. The minimum absolute atomic E-state index is 0.792. The van der Waals surface area contributed by atoms with Crippen LogP contribution in [0.15, 0.2) is 18.7 Å². The molecule has 1 aromatic heterocycles. The summed E-state index contributed by atoms with van der Waals surface area (Å²) in [4.78, 5) is 3.81. The van der Waals surface area contributed by atoms with Gasteiger partial charge in [-0.1, -0.05) is 12.2 Å². The smallest absolute Gasteiger partial charge is 0.149 e. The fraction of sp³-hybridized carbons (Fsp3) is 0. The molecule has 0 spiro atoms. The van der Waals surface area contributed by atoms with Crippen molar-refractivity contribution in [3.8, 4) is 0 Å². The second-order valence-corrected chi connectivity index (χ2v) is 3.36. The van der Waals surface area contributed by atoms with Gasteiger partial charge < -0.3 is 0 Å². The normalized spacial score (nSPS) is 9.12. The average Bonchev–Trinajstić information content (AvgIpc) is 2.12. The number of rotatable bonds is 0. The van der Waals surface area contributed by atoms with E-state index < -0.39 is 0 Å². The molecule has 0 amide bonds. The maximum absolute atomic E-state index is 4.83. The zero-order valence-electron chi connectivity index (χ0n) is 3.91. The number of hydrogen-bond acceptors (Lipinski definition) is 2. The second-order valence-electron chi connectivity index (χ2n) is 1.22. The molecule has 8 heavy (non-hydrogen) atoms. The maximum atomic E-state index is 4.83. The molecule has 0 N–H and O–H groups in total. The molecule has 0 radical (unpaired) electrons. The highest BCUT2D eigenvalue weighted by Crippen LogP contribution is 1.94. The van der Waals surface area contributed by atoms with Gasteiger partial charge in [0.05, 0.1) is 0 Å². The van der Waals surface area contributed by atoms with E-state index in [0.717, 1.165) is 3.00 Å². The Morgan fingerprint density at radius 3 is 2.75 bits per heavy atom. The van der Waals surface area contributed by atoms with Crippen LogP contribution in [0.1, 0.15) is 0 Å². The molecule has 0 unspecified atom stereocenters. The first-order valence-corrected chi connectivity index (χ1v) is 3.47. The molecule has 1 rings (SSSR count). The quantitative estimate of drug-likeness (QED) is 0.386. The molecular weight excluding hydrogens is 235 g/mol. The van der Waals surface area contributed by atoms with Crippen molar-refractivity contribution >= 4 is 37.8 Å². The van der Waals surface area contributed by atoms with Crippen LogP contribution in [0.25, 0.3) is 0 Å². The number of imidazole rings is 1. The highest BCUT2D eigenvalue weighted by Gasteiger charge is 1.88. The standard InChI is InChI=1S/C4H3IN2S/c5-4(8)7-2-1-6-3-7/h1-3H. The lowest BCUT2D eigenvalue weighted by Gasteiger charge is -1.89. The highest BCUT2D eigenvalue weighted by molar-refractivity contribution is 14.1. The van der Waals surface area contributed by atoms with Gasteiger partial charge >= 0.3 is 0 Å². The molecule has 0 aliphatic heterocycles. The van der Waals surface area contributed by atoms with E-state index in [4.69, 9.17) is 12.2 Å². The fourth-order valence-corrected chi connectivity index (χ4v) is 0.756. The Labute approximate surface area is 66.1 Å². The van der Waals surface area contributed by atoms with Crippen LogP contribution >= 0.6 is 34.8 Å². The first-order chi connectivity index (χ1) is 3.80. The van der Waals surface area contributed by atoms with Crippen molar-refractivity contribution in [2.24, 2.45) is 0 Å². The Kier molecular flexibility index (Phi) is 1.95. The van der Waals surface area contributed by atoms with Crippen LogP contribution in [-0.2, 0) is 0 Å². The third-order valence-electron chi connectivity index (χ3n) is 0.707. The summed E-state index contributed by atoms with van der Waals surface area (Å²) in [6, 6.07) is 0. The third-order valence-corrected chi connectivity index (χ3v) is 1.48. The van der Waals surface area contributed by atoms with E-state index in [1.54, 1.807) is 17.1 Å². The van der Waals surface area contributed by atoms with Gasteiger partial charge in [0.1, 0.15) is 9.32 Å². The van der Waals surface area contributed by atoms with E-state index in [1.807, 2.05) is 6.20 Å². The van der Waals surface area contributed by atoms with E-state index in [1.165, 1.54) is 0 Å². The fourth-order valence-electron chi connectivity index (χ4n) is 0.363. The van der Waals surface area contributed by atoms with Crippen molar-refractivity contribution < 1.29 is 0 Å². The summed E-state index contributed by atoms with van der Waals surface area (Å²) in [7, 11) is 0. The minimum atomic E-state index is 0.792. The van der Waals surface area contributed by atoms with Crippen molar-refractivity contribution in [1.82, 2.24) is 9.55 Å². The molecule has 0 saturated heterocycles. The topological polar surface area (TPSA) is 17.8 Å². The second kappa shape index (κ2) is 2.54. The molecule has 0 saturated carbocycles. The maximum Gasteiger partial charge on any atom is 0.149 e. The van der Waals surface area contributed by atoms with Gasteiger partial charge in [-0.05, 0) is 22.6 Å². The van der Waals surface area contributed by atoms with Crippen molar-refractivity contribution in [3.05, 3.63) is 18.7 Å². The van der Waals surface area contributed by atoms with Crippen molar-refractivity contribution in [2.45, 2.75) is 0 Å². The summed E-state index contributed by atoms with van der Waals surface area (Å²) in [5.41, 5.74) is 0. The van der Waals surface area contributed by atoms with Crippen LogP contribution in [0.4, 0.5) is 0 Å². The Balaban J connectivity index is 2.93. The molecule has 0 atom stereocenters. The number of halogens is 1. The molecule has 42 valence electrons. The van der Waals surface area contributed by atoms with Gasteiger partial charge in [-0.15, -0.1) is 0 Å². The summed E-state index contributed by atoms with van der Waals surface area (Å²) in [6.45, 7) is 0. The Bertz CT molecular complexity index is 182. The Morgan fingerprint density at radius 2 is 2.50 bits per heavy atom. The lowest BCUT2D eigenvalue weighted by Crippen LogP contribution is -1.94. The van der Waals surface area contributed by atoms with Crippen LogP contribution in [0.5, 0.6) is 0 Å². The monoisotopic (exact) mass is 238 g/mol. The van der Waals surface area contributed by atoms with Gasteiger partial charge in [-0.25, -0.2) is 4.98 Å². The summed E-state index contributed by atoms with van der Waals surface area (Å²) in [5, 5.41) is 0. The van der Waals surface area contributed by atoms with E-state index >= 15 is 0 Å². The predicted octanol–water partition coefficient (Wildman–Crippen LogP) is 1.45. The van der Waals surface area contributed by atoms with Crippen LogP contribution in [0, 0.1) is 0 Å². The van der Waals surface area contributed by atoms with E-state index in [9.17, 15) is 0 Å². The molecule has 0 aromatic carbocycles. The van der Waals surface area contributed by atoms with Crippen LogP contribution in [0.3, 0.4) is 0 Å². The minimum Gasteiger partial charge on any atom is -0.292 e. The number of nitrogens with zero attached hydrogens (tertiary/aromatic N) is 2. The van der Waals surface area contributed by atoms with Crippen molar-refractivity contribution in [3.63, 3.8) is 0 Å². The molecular formula is C4H3IN2S. The predicted molar refractivity (Wildman–Crippen MR) is 44.2 cm³/mol. The summed E-state index contributed by atoms with van der Waals surface area (Å²) in [6.07, 6.45) is 5.19. The number of hydrogen-bond donors (Lipinski definition) is 0. The molecule has 0 aliphatic carbocycles. The van der Waals surface area contributed by atoms with E-state index in [0.29, 0.717) is 0 Å². The summed E-state index contributed by atoms with van der Waals surface area (Å²) < 4.78 is 2.57. The molecule has 1 heterocycles. The van der Waals surface area contributed by atoms with E-state index in [2.05, 4.69) is 27.6 Å². The van der Waals surface area contributed by atoms with Gasteiger partial charge in [0.2, 0.25) is 0 Å². The van der Waals surface area contributed by atoms with Crippen molar-refractivity contribution in [1.29, 1.82) is 0 Å². The molecule has 0 bridgehead atoms. The average molecular weight is 238 g/mol. The number of aromatic nitrogens is 2. The lowest BCUT2D eigenvalue weighted by atomic mass is 10.9. The molecule has 4 heteroatoms. The van der Waals surface area contributed by atoms with Crippen LogP contribution < -0.4 is 0 Å². The van der Waals surface area contributed by atoms with E-state index in [-0.39, 0.29) is 0 Å². The van der Waals surface area contributed by atoms with Crippen LogP contribution in [-0.4, -0.2) is 12.5 Å². The zero-order valence-corrected chi connectivity index (χ0v) is 6.89. The number of thiocarbonyl (C=S) groups is 1. The molecule has 0 fully saturated rings. The van der Waals surface area contributed by atoms with Crippen molar-refractivity contribution in [2.75, 3.05) is 0 Å². The highest BCUT2D eigenvalue weighted by atomic mass is 127. The van der Waals surface area contributed by atoms with Gasteiger partial charge in [-0.3, -0.25) is 4.57 Å². The Morgan fingerprint density at radius 1 is 1.75 bits per heavy atom. The molecule has 2 nitrogen and oxygen atoms in total. The largest absolute Gasteiger partial charge is 0.292 e.